The molecular formula is C8H13NO2S. The molecule has 0 radical (unpaired) electrons. The number of hydrogen-bond acceptors (Lipinski definition) is 3. The molecule has 0 N–H and O–H groups in total. The monoisotopic (exact) mass is 187 g/mol. The Balaban J connectivity index is 3.24. The molecule has 0 fully saturated rings. The van der Waals surface area contributed by atoms with E-state index in [0.29, 0.717) is 4.91 Å². The minimum atomic E-state index is -3.10. The molecule has 1 heterocycles. The molecule has 68 valence electrons. The molecule has 1 rings (SSSR count). The van der Waals surface area contributed by atoms with E-state index in [-0.39, 0.29) is 0 Å². The summed E-state index contributed by atoms with van der Waals surface area (Å²) in [5.41, 5.74) is 0.873. The Bertz CT molecular complexity index is 338. The lowest BCUT2D eigenvalue weighted by Crippen LogP contribution is -2.19. The fraction of sp³-hybridized carbons (Fsp3) is 0.500. The van der Waals surface area contributed by atoms with Gasteiger partial charge in [-0.25, -0.2) is 8.42 Å². The van der Waals surface area contributed by atoms with Crippen LogP contribution in [0.4, 0.5) is 0 Å². The Labute approximate surface area is 73.3 Å². The molecule has 12 heavy (non-hydrogen) atoms. The van der Waals surface area contributed by atoms with Gasteiger partial charge in [0.25, 0.3) is 0 Å². The normalized spacial score (nSPS) is 21.8. The Morgan fingerprint density at radius 2 is 2.08 bits per heavy atom. The molecule has 0 saturated carbocycles. The van der Waals surface area contributed by atoms with E-state index >= 15 is 0 Å². The Kier molecular flexibility index (Phi) is 2.28. The van der Waals surface area contributed by atoms with Crippen LogP contribution in [0, 0.1) is 0 Å². The number of rotatable bonds is 1. The lowest BCUT2D eigenvalue weighted by Gasteiger charge is -2.23. The van der Waals surface area contributed by atoms with Crippen molar-refractivity contribution in [3.8, 4) is 0 Å². The molecule has 1 aliphatic heterocycles. The smallest absolute Gasteiger partial charge is 0.198 e. The molecule has 0 aromatic heterocycles. The van der Waals surface area contributed by atoms with Crippen molar-refractivity contribution in [2.45, 2.75) is 20.3 Å². The summed E-state index contributed by atoms with van der Waals surface area (Å²) in [6.45, 7) is 3.60. The van der Waals surface area contributed by atoms with Gasteiger partial charge in [0, 0.05) is 18.9 Å². The zero-order valence-electron chi connectivity index (χ0n) is 7.53. The second-order valence-corrected chi connectivity index (χ2v) is 4.77. The fourth-order valence-corrected chi connectivity index (χ4v) is 2.44. The van der Waals surface area contributed by atoms with E-state index in [1.165, 1.54) is 5.41 Å². The van der Waals surface area contributed by atoms with Crippen molar-refractivity contribution >= 4 is 9.84 Å². The minimum Gasteiger partial charge on any atom is -0.353 e. The van der Waals surface area contributed by atoms with Crippen molar-refractivity contribution in [3.05, 3.63) is 22.2 Å². The predicted octanol–water partition coefficient (Wildman–Crippen LogP) is 1.46. The van der Waals surface area contributed by atoms with E-state index in [0.717, 1.165) is 12.1 Å². The van der Waals surface area contributed by atoms with Crippen molar-refractivity contribution in [2.75, 3.05) is 7.05 Å². The summed E-state index contributed by atoms with van der Waals surface area (Å²) in [6, 6.07) is 0. The lowest BCUT2D eigenvalue weighted by atomic mass is 10.3. The predicted molar refractivity (Wildman–Crippen MR) is 48.8 cm³/mol. The van der Waals surface area contributed by atoms with Crippen LogP contribution in [0.5, 0.6) is 0 Å². The minimum absolute atomic E-state index is 0.468. The van der Waals surface area contributed by atoms with E-state index in [2.05, 4.69) is 0 Å². The number of hydrogen-bond donors (Lipinski definition) is 0. The van der Waals surface area contributed by atoms with Gasteiger partial charge in [-0.3, -0.25) is 0 Å². The van der Waals surface area contributed by atoms with Crippen LogP contribution in [0.2, 0.25) is 0 Å². The van der Waals surface area contributed by atoms with E-state index in [1.807, 2.05) is 18.9 Å². The van der Waals surface area contributed by atoms with Crippen molar-refractivity contribution in [3.63, 3.8) is 0 Å². The fourth-order valence-electron chi connectivity index (χ4n) is 1.27. The summed E-state index contributed by atoms with van der Waals surface area (Å²) in [4.78, 5) is 2.31. The van der Waals surface area contributed by atoms with Gasteiger partial charge >= 0.3 is 0 Å². The summed E-state index contributed by atoms with van der Waals surface area (Å²) in [6.07, 6.45) is 2.33. The largest absolute Gasteiger partial charge is 0.353 e. The van der Waals surface area contributed by atoms with Crippen molar-refractivity contribution in [1.29, 1.82) is 0 Å². The van der Waals surface area contributed by atoms with Gasteiger partial charge in [-0.15, -0.1) is 0 Å². The molecule has 0 spiro atoms. The number of sulfone groups is 1. The van der Waals surface area contributed by atoms with Gasteiger partial charge in [0.05, 0.1) is 10.3 Å². The maximum Gasteiger partial charge on any atom is 0.198 e. The van der Waals surface area contributed by atoms with E-state index in [4.69, 9.17) is 0 Å². The summed E-state index contributed by atoms with van der Waals surface area (Å²) in [7, 11) is -1.24. The van der Waals surface area contributed by atoms with Crippen LogP contribution in [0.3, 0.4) is 0 Å². The highest BCUT2D eigenvalue weighted by molar-refractivity contribution is 7.98. The average molecular weight is 187 g/mol. The first-order valence-corrected chi connectivity index (χ1v) is 5.39. The van der Waals surface area contributed by atoms with E-state index < -0.39 is 9.84 Å². The highest BCUT2D eigenvalue weighted by Crippen LogP contribution is 2.23. The van der Waals surface area contributed by atoms with E-state index in [1.54, 1.807) is 13.1 Å². The number of allylic oxidation sites excluding steroid dienone is 2. The average Bonchev–Trinajstić information content (AvgIpc) is 2.00. The Morgan fingerprint density at radius 1 is 1.50 bits per heavy atom. The van der Waals surface area contributed by atoms with Gasteiger partial charge in [0.2, 0.25) is 0 Å². The van der Waals surface area contributed by atoms with Gasteiger partial charge in [0.15, 0.2) is 9.84 Å². The van der Waals surface area contributed by atoms with Crippen LogP contribution in [-0.2, 0) is 9.84 Å². The highest BCUT2D eigenvalue weighted by Gasteiger charge is 2.20. The zero-order valence-corrected chi connectivity index (χ0v) is 8.35. The van der Waals surface area contributed by atoms with Crippen molar-refractivity contribution in [1.82, 2.24) is 4.90 Å². The topological polar surface area (TPSA) is 37.4 Å². The summed E-state index contributed by atoms with van der Waals surface area (Å²) in [5, 5.41) is 1.24. The first kappa shape index (κ1) is 9.32. The molecule has 3 nitrogen and oxygen atoms in total. The molecule has 0 unspecified atom stereocenters. The van der Waals surface area contributed by atoms with Crippen LogP contribution >= 0.6 is 0 Å². The molecule has 0 atom stereocenters. The molecule has 0 aliphatic carbocycles. The van der Waals surface area contributed by atoms with Gasteiger partial charge in [-0.05, 0) is 13.3 Å². The van der Waals surface area contributed by atoms with Gasteiger partial charge in [0.1, 0.15) is 0 Å². The standard InChI is InChI=1S/C8H13NO2S/c1-4-8-7(2)12(10,11)6-5-9(8)3/h5-6H,4H2,1-3H3. The molecule has 0 aromatic carbocycles. The van der Waals surface area contributed by atoms with Crippen molar-refractivity contribution in [2.24, 2.45) is 0 Å². The third-order valence-electron chi connectivity index (χ3n) is 2.06. The molecule has 0 bridgehead atoms. The first-order valence-electron chi connectivity index (χ1n) is 3.85. The highest BCUT2D eigenvalue weighted by atomic mass is 32.2. The second-order valence-electron chi connectivity index (χ2n) is 2.80. The zero-order chi connectivity index (χ0) is 9.35. The van der Waals surface area contributed by atoms with Gasteiger partial charge in [-0.1, -0.05) is 6.92 Å². The molecule has 4 heteroatoms. The van der Waals surface area contributed by atoms with E-state index in [9.17, 15) is 8.42 Å². The van der Waals surface area contributed by atoms with Crippen LogP contribution in [0.1, 0.15) is 20.3 Å². The Morgan fingerprint density at radius 3 is 2.50 bits per heavy atom. The lowest BCUT2D eigenvalue weighted by molar-refractivity contribution is 0.533. The van der Waals surface area contributed by atoms with Crippen LogP contribution < -0.4 is 0 Å². The summed E-state index contributed by atoms with van der Waals surface area (Å²) < 4.78 is 22.7. The third-order valence-corrected chi connectivity index (χ3v) is 3.63. The SMILES string of the molecule is CCC1=C(C)S(=O)(=O)C=CN1C. The quantitative estimate of drug-likeness (QED) is 0.623. The molecule has 0 amide bonds. The van der Waals surface area contributed by atoms with Gasteiger partial charge in [-0.2, -0.15) is 0 Å². The molecule has 0 aromatic rings. The molecule has 1 aliphatic rings. The van der Waals surface area contributed by atoms with Gasteiger partial charge < -0.3 is 4.90 Å². The maximum atomic E-state index is 11.3. The van der Waals surface area contributed by atoms with Crippen LogP contribution in [0.25, 0.3) is 0 Å². The third kappa shape index (κ3) is 1.39. The van der Waals surface area contributed by atoms with Crippen molar-refractivity contribution < 1.29 is 8.42 Å². The second kappa shape index (κ2) is 2.94. The number of nitrogens with zero attached hydrogens (tertiary/aromatic N) is 1. The van der Waals surface area contributed by atoms with Crippen LogP contribution in [-0.4, -0.2) is 20.4 Å². The first-order chi connectivity index (χ1) is 5.49. The summed E-state index contributed by atoms with van der Waals surface area (Å²) >= 11 is 0. The van der Waals surface area contributed by atoms with Crippen LogP contribution in [0.15, 0.2) is 22.2 Å². The molecular weight excluding hydrogens is 174 g/mol. The summed E-state index contributed by atoms with van der Waals surface area (Å²) in [5.74, 6) is 0. The maximum absolute atomic E-state index is 11.3. The molecule has 0 saturated heterocycles. The Hall–Kier alpha value is -0.770.